The van der Waals surface area contributed by atoms with Crippen LogP contribution in [-0.4, -0.2) is 50.4 Å². The fraction of sp³-hybridized carbons (Fsp3) is 0.308. The number of aromatic nitrogens is 2. The number of ether oxygens (including phenoxy) is 1. The molecule has 0 bridgehead atoms. The maximum Gasteiger partial charge on any atom is 0.419 e. The van der Waals surface area contributed by atoms with E-state index >= 15 is 0 Å². The standard InChI is InChI=1S/C26H29N3O4/c1-18(2)28(17-23(30)21-11-8-9-15-27-21)24(31)14-13-19-16-29(25(32)33-26(3,4)5)22-12-7-6-10-20(19)22/h6-16,18H,17H2,1-5H3/b14-13+. The van der Waals surface area contributed by atoms with Crippen molar-refractivity contribution in [2.75, 3.05) is 6.54 Å². The quantitative estimate of drug-likeness (QED) is 0.394. The Kier molecular flexibility index (Phi) is 7.11. The predicted octanol–water partition coefficient (Wildman–Crippen LogP) is 4.95. The lowest BCUT2D eigenvalue weighted by Gasteiger charge is -2.24. The first-order valence-corrected chi connectivity index (χ1v) is 10.8. The van der Waals surface area contributed by atoms with E-state index in [1.807, 2.05) is 58.9 Å². The number of pyridine rings is 1. The second-order valence-electron chi connectivity index (χ2n) is 8.98. The van der Waals surface area contributed by atoms with Gasteiger partial charge in [0.2, 0.25) is 5.91 Å². The summed E-state index contributed by atoms with van der Waals surface area (Å²) in [6, 6.07) is 12.3. The molecule has 1 aromatic carbocycles. The number of fused-ring (bicyclic) bond motifs is 1. The minimum Gasteiger partial charge on any atom is -0.443 e. The Labute approximate surface area is 193 Å². The first-order chi connectivity index (χ1) is 15.6. The van der Waals surface area contributed by atoms with Crippen LogP contribution >= 0.6 is 0 Å². The fourth-order valence-electron chi connectivity index (χ4n) is 3.34. The minimum atomic E-state index is -0.633. The van der Waals surface area contributed by atoms with E-state index in [0.717, 1.165) is 5.39 Å². The summed E-state index contributed by atoms with van der Waals surface area (Å²) in [5.74, 6) is -0.532. The number of benzene rings is 1. The first kappa shape index (κ1) is 23.9. The number of amides is 1. The van der Waals surface area contributed by atoms with Gasteiger partial charge in [0.25, 0.3) is 0 Å². The van der Waals surface area contributed by atoms with Crippen molar-refractivity contribution in [3.63, 3.8) is 0 Å². The minimum absolute atomic E-state index is 0.0719. The van der Waals surface area contributed by atoms with Crippen molar-refractivity contribution in [1.82, 2.24) is 14.5 Å². The van der Waals surface area contributed by atoms with Gasteiger partial charge in [-0.05, 0) is 58.9 Å². The second-order valence-corrected chi connectivity index (χ2v) is 8.98. The zero-order chi connectivity index (χ0) is 24.2. The normalized spacial score (nSPS) is 11.8. The second kappa shape index (κ2) is 9.81. The van der Waals surface area contributed by atoms with Crippen LogP contribution in [-0.2, 0) is 9.53 Å². The van der Waals surface area contributed by atoms with Crippen molar-refractivity contribution in [2.24, 2.45) is 0 Å². The number of hydrogen-bond donors (Lipinski definition) is 0. The Bertz CT molecular complexity index is 1190. The highest BCUT2D eigenvalue weighted by Crippen LogP contribution is 2.24. The molecule has 2 heterocycles. The molecule has 7 nitrogen and oxygen atoms in total. The molecule has 7 heteroatoms. The molecule has 0 saturated carbocycles. The number of carbonyl (C=O) groups is 3. The lowest BCUT2D eigenvalue weighted by molar-refractivity contribution is -0.127. The van der Waals surface area contributed by atoms with E-state index in [-0.39, 0.29) is 24.3 Å². The van der Waals surface area contributed by atoms with Gasteiger partial charge in [-0.15, -0.1) is 0 Å². The van der Waals surface area contributed by atoms with Gasteiger partial charge in [0, 0.05) is 35.5 Å². The van der Waals surface area contributed by atoms with Crippen molar-refractivity contribution in [2.45, 2.75) is 46.3 Å². The smallest absolute Gasteiger partial charge is 0.419 e. The monoisotopic (exact) mass is 447 g/mol. The summed E-state index contributed by atoms with van der Waals surface area (Å²) < 4.78 is 6.95. The van der Waals surface area contributed by atoms with Crippen LogP contribution in [0, 0.1) is 0 Å². The Hall–Kier alpha value is -3.74. The van der Waals surface area contributed by atoms with Gasteiger partial charge in [0.05, 0.1) is 12.1 Å². The molecule has 0 fully saturated rings. The molecular weight excluding hydrogens is 418 g/mol. The van der Waals surface area contributed by atoms with Crippen LogP contribution in [0.15, 0.2) is 60.9 Å². The molecule has 0 N–H and O–H groups in total. The number of para-hydroxylation sites is 1. The van der Waals surface area contributed by atoms with Crippen LogP contribution in [0.25, 0.3) is 17.0 Å². The molecule has 172 valence electrons. The van der Waals surface area contributed by atoms with Gasteiger partial charge in [-0.2, -0.15) is 0 Å². The van der Waals surface area contributed by atoms with Crippen molar-refractivity contribution in [1.29, 1.82) is 0 Å². The molecule has 1 amide bonds. The highest BCUT2D eigenvalue weighted by atomic mass is 16.6. The van der Waals surface area contributed by atoms with Gasteiger partial charge in [-0.1, -0.05) is 24.3 Å². The molecule has 0 aliphatic heterocycles. The van der Waals surface area contributed by atoms with Crippen molar-refractivity contribution in [3.05, 3.63) is 72.2 Å². The van der Waals surface area contributed by atoms with E-state index in [1.165, 1.54) is 15.5 Å². The molecule has 0 unspecified atom stereocenters. The molecule has 0 spiro atoms. The zero-order valence-electron chi connectivity index (χ0n) is 19.6. The summed E-state index contributed by atoms with van der Waals surface area (Å²) in [4.78, 5) is 43.8. The Morgan fingerprint density at radius 3 is 2.42 bits per heavy atom. The van der Waals surface area contributed by atoms with E-state index in [4.69, 9.17) is 4.74 Å². The number of rotatable bonds is 6. The molecule has 0 saturated heterocycles. The molecule has 0 atom stereocenters. The van der Waals surface area contributed by atoms with E-state index in [2.05, 4.69) is 4.98 Å². The van der Waals surface area contributed by atoms with E-state index in [1.54, 1.807) is 36.7 Å². The van der Waals surface area contributed by atoms with Crippen molar-refractivity contribution < 1.29 is 19.1 Å². The summed E-state index contributed by atoms with van der Waals surface area (Å²) in [5, 5.41) is 0.813. The number of carbonyl (C=O) groups excluding carboxylic acids is 3. The molecule has 3 rings (SSSR count). The number of nitrogens with zero attached hydrogens (tertiary/aromatic N) is 3. The van der Waals surface area contributed by atoms with Gasteiger partial charge < -0.3 is 9.64 Å². The Morgan fingerprint density at radius 1 is 1.09 bits per heavy atom. The molecule has 2 aromatic heterocycles. The van der Waals surface area contributed by atoms with Crippen LogP contribution in [0.2, 0.25) is 0 Å². The average Bonchev–Trinajstić information content (AvgIpc) is 3.14. The highest BCUT2D eigenvalue weighted by molar-refractivity contribution is 6.02. The Morgan fingerprint density at radius 2 is 1.79 bits per heavy atom. The predicted molar refractivity (Wildman–Crippen MR) is 128 cm³/mol. The lowest BCUT2D eigenvalue weighted by Crippen LogP contribution is -2.39. The third kappa shape index (κ3) is 5.94. The van der Waals surface area contributed by atoms with Crippen LogP contribution in [0.4, 0.5) is 4.79 Å². The van der Waals surface area contributed by atoms with Crippen molar-refractivity contribution in [3.8, 4) is 0 Å². The number of ketones is 1. The zero-order valence-corrected chi connectivity index (χ0v) is 19.6. The van der Waals surface area contributed by atoms with Crippen LogP contribution in [0.5, 0.6) is 0 Å². The summed E-state index contributed by atoms with van der Waals surface area (Å²) >= 11 is 0. The van der Waals surface area contributed by atoms with Crippen molar-refractivity contribution >= 4 is 34.8 Å². The molecule has 0 radical (unpaired) electrons. The van der Waals surface area contributed by atoms with Crippen LogP contribution < -0.4 is 0 Å². The fourth-order valence-corrected chi connectivity index (χ4v) is 3.34. The maximum absolute atomic E-state index is 13.0. The average molecular weight is 448 g/mol. The summed E-state index contributed by atoms with van der Waals surface area (Å²) in [7, 11) is 0. The van der Waals surface area contributed by atoms with E-state index in [0.29, 0.717) is 16.8 Å². The van der Waals surface area contributed by atoms with Crippen LogP contribution in [0.3, 0.4) is 0 Å². The van der Waals surface area contributed by atoms with Gasteiger partial charge in [-0.3, -0.25) is 19.1 Å². The SMILES string of the molecule is CC(C)N(CC(=O)c1ccccn1)C(=O)/C=C/c1cn(C(=O)OC(C)(C)C)c2ccccc12. The highest BCUT2D eigenvalue weighted by Gasteiger charge is 2.22. The third-order valence-corrected chi connectivity index (χ3v) is 4.91. The molecule has 0 aliphatic rings. The molecule has 0 aliphatic carbocycles. The molecular formula is C26H29N3O4. The van der Waals surface area contributed by atoms with E-state index < -0.39 is 11.7 Å². The van der Waals surface area contributed by atoms with E-state index in [9.17, 15) is 14.4 Å². The largest absolute Gasteiger partial charge is 0.443 e. The van der Waals surface area contributed by atoms with Gasteiger partial charge >= 0.3 is 6.09 Å². The summed E-state index contributed by atoms with van der Waals surface area (Å²) in [6.07, 6.45) is 5.80. The number of hydrogen-bond acceptors (Lipinski definition) is 5. The van der Waals surface area contributed by atoms with Gasteiger partial charge in [-0.25, -0.2) is 4.79 Å². The topological polar surface area (TPSA) is 81.5 Å². The summed E-state index contributed by atoms with van der Waals surface area (Å²) in [6.45, 7) is 9.06. The summed E-state index contributed by atoms with van der Waals surface area (Å²) in [5.41, 5.74) is 1.07. The first-order valence-electron chi connectivity index (χ1n) is 10.8. The number of Topliss-reactive ketones (excluding diaryl/α,β-unsaturated/α-hetero) is 1. The molecule has 33 heavy (non-hydrogen) atoms. The maximum atomic E-state index is 13.0. The lowest BCUT2D eigenvalue weighted by atomic mass is 10.1. The molecule has 3 aromatic rings. The third-order valence-electron chi connectivity index (χ3n) is 4.91. The van der Waals surface area contributed by atoms with Crippen LogP contribution in [0.1, 0.15) is 50.7 Å². The Balaban J connectivity index is 1.85. The van der Waals surface area contributed by atoms with Gasteiger partial charge in [0.1, 0.15) is 11.3 Å². The van der Waals surface area contributed by atoms with Gasteiger partial charge in [0.15, 0.2) is 5.78 Å².